The predicted octanol–water partition coefficient (Wildman–Crippen LogP) is 2.65. The molecule has 0 amide bonds. The van der Waals surface area contributed by atoms with E-state index in [0.29, 0.717) is 0 Å². The van der Waals surface area contributed by atoms with Gasteiger partial charge in [-0.05, 0) is 24.3 Å². The second kappa shape index (κ2) is 3.43. The molecule has 4 rings (SSSR count). The van der Waals surface area contributed by atoms with E-state index >= 15 is 0 Å². The molecule has 0 N–H and O–H groups in total. The number of aromatic nitrogens is 4. The van der Waals surface area contributed by atoms with Gasteiger partial charge in [-0.15, -0.1) is 0 Å². The molecule has 0 saturated carbocycles. The van der Waals surface area contributed by atoms with Crippen LogP contribution in [0, 0.1) is 0 Å². The molecule has 0 unspecified atom stereocenters. The second-order valence-electron chi connectivity index (χ2n) is 4.24. The van der Waals surface area contributed by atoms with Gasteiger partial charge in [0, 0.05) is 24.2 Å². The molecule has 4 nitrogen and oxygen atoms in total. The van der Waals surface area contributed by atoms with Crippen molar-refractivity contribution in [1.82, 2.24) is 18.8 Å². The van der Waals surface area contributed by atoms with Gasteiger partial charge in [0.1, 0.15) is 5.65 Å². The Morgan fingerprint density at radius 3 is 2.89 bits per heavy atom. The van der Waals surface area contributed by atoms with Gasteiger partial charge in [-0.2, -0.15) is 0 Å². The lowest BCUT2D eigenvalue weighted by atomic mass is 10.2. The fraction of sp³-hybridized carbons (Fsp3) is 0. The van der Waals surface area contributed by atoms with Crippen LogP contribution in [-0.4, -0.2) is 18.8 Å². The Kier molecular flexibility index (Phi) is 1.80. The number of nitrogens with zero attached hydrogens (tertiary/aromatic N) is 4. The van der Waals surface area contributed by atoms with Crippen LogP contribution < -0.4 is 0 Å². The fourth-order valence-electron chi connectivity index (χ4n) is 2.15. The number of fused-ring (bicyclic) bond motifs is 2. The molecular formula is C14H10N4. The lowest BCUT2D eigenvalue weighted by molar-refractivity contribution is 1.15. The van der Waals surface area contributed by atoms with Crippen LogP contribution in [-0.2, 0) is 0 Å². The van der Waals surface area contributed by atoms with E-state index in [2.05, 4.69) is 16.0 Å². The summed E-state index contributed by atoms with van der Waals surface area (Å²) in [6.45, 7) is 0. The van der Waals surface area contributed by atoms with Crippen molar-refractivity contribution in [2.45, 2.75) is 0 Å². The Hall–Kier alpha value is -2.62. The largest absolute Gasteiger partial charge is 0.306 e. The van der Waals surface area contributed by atoms with E-state index in [1.54, 1.807) is 6.33 Å². The highest BCUT2D eigenvalue weighted by atomic mass is 15.0. The van der Waals surface area contributed by atoms with E-state index < -0.39 is 0 Å². The first-order valence-electron chi connectivity index (χ1n) is 5.76. The normalized spacial score (nSPS) is 11.3. The quantitative estimate of drug-likeness (QED) is 0.507. The van der Waals surface area contributed by atoms with Crippen molar-refractivity contribution in [3.05, 3.63) is 61.4 Å². The lowest BCUT2D eigenvalue weighted by Gasteiger charge is -1.98. The molecule has 0 spiro atoms. The minimum absolute atomic E-state index is 0.957. The molecule has 18 heavy (non-hydrogen) atoms. The van der Waals surface area contributed by atoms with Crippen LogP contribution in [0.15, 0.2) is 61.4 Å². The summed E-state index contributed by atoms with van der Waals surface area (Å²) in [5, 5.41) is 0. The first-order chi connectivity index (χ1) is 8.90. The van der Waals surface area contributed by atoms with Crippen LogP contribution in [0.1, 0.15) is 0 Å². The van der Waals surface area contributed by atoms with Gasteiger partial charge in [0.2, 0.25) is 0 Å². The van der Waals surface area contributed by atoms with Crippen LogP contribution in [0.2, 0.25) is 0 Å². The Labute approximate surface area is 103 Å². The molecule has 0 fully saturated rings. The molecule has 4 heterocycles. The van der Waals surface area contributed by atoms with Crippen LogP contribution in [0.25, 0.3) is 22.4 Å². The Balaban J connectivity index is 1.94. The highest BCUT2D eigenvalue weighted by Crippen LogP contribution is 2.19. The third-order valence-corrected chi connectivity index (χ3v) is 3.07. The van der Waals surface area contributed by atoms with Crippen molar-refractivity contribution in [1.29, 1.82) is 0 Å². The number of hydrogen-bond donors (Lipinski definition) is 0. The van der Waals surface area contributed by atoms with Gasteiger partial charge >= 0.3 is 0 Å². The summed E-state index contributed by atoms with van der Waals surface area (Å²) in [5.41, 5.74) is 4.10. The Morgan fingerprint density at radius 1 is 0.944 bits per heavy atom. The third-order valence-electron chi connectivity index (χ3n) is 3.07. The summed E-state index contributed by atoms with van der Waals surface area (Å²) < 4.78 is 4.02. The topological polar surface area (TPSA) is 34.6 Å². The Morgan fingerprint density at radius 2 is 1.94 bits per heavy atom. The highest BCUT2D eigenvalue weighted by Gasteiger charge is 2.04. The summed E-state index contributed by atoms with van der Waals surface area (Å²) in [6.07, 6.45) is 9.72. The smallest absolute Gasteiger partial charge is 0.137 e. The van der Waals surface area contributed by atoms with Gasteiger partial charge in [-0.1, -0.05) is 6.07 Å². The van der Waals surface area contributed by atoms with E-state index in [9.17, 15) is 0 Å². The Bertz CT molecular complexity index is 808. The van der Waals surface area contributed by atoms with Crippen LogP contribution in [0.5, 0.6) is 0 Å². The van der Waals surface area contributed by atoms with Crippen molar-refractivity contribution in [3.8, 4) is 11.3 Å². The van der Waals surface area contributed by atoms with E-state index in [1.807, 2.05) is 57.9 Å². The first kappa shape index (κ1) is 9.41. The molecule has 0 saturated heterocycles. The molecule has 0 aliphatic rings. The van der Waals surface area contributed by atoms with E-state index in [4.69, 9.17) is 0 Å². The van der Waals surface area contributed by atoms with Gasteiger partial charge in [-0.3, -0.25) is 0 Å². The number of hydrogen-bond acceptors (Lipinski definition) is 2. The summed E-state index contributed by atoms with van der Waals surface area (Å²) in [5.74, 6) is 0. The molecule has 4 aromatic heterocycles. The van der Waals surface area contributed by atoms with Crippen molar-refractivity contribution in [2.75, 3.05) is 0 Å². The third kappa shape index (κ3) is 1.32. The molecule has 4 aromatic rings. The maximum absolute atomic E-state index is 4.60. The summed E-state index contributed by atoms with van der Waals surface area (Å²) in [6, 6.07) is 10.1. The molecule has 0 atom stereocenters. The summed E-state index contributed by atoms with van der Waals surface area (Å²) in [7, 11) is 0. The number of rotatable bonds is 1. The zero-order chi connectivity index (χ0) is 11.9. The number of imidazole rings is 2. The highest BCUT2D eigenvalue weighted by molar-refractivity contribution is 5.64. The van der Waals surface area contributed by atoms with Gasteiger partial charge in [0.05, 0.1) is 23.7 Å². The van der Waals surface area contributed by atoms with E-state index in [-0.39, 0.29) is 0 Å². The average Bonchev–Trinajstić information content (AvgIpc) is 3.04. The fourth-order valence-corrected chi connectivity index (χ4v) is 2.15. The second-order valence-corrected chi connectivity index (χ2v) is 4.24. The zero-order valence-electron chi connectivity index (χ0n) is 9.56. The summed E-state index contributed by atoms with van der Waals surface area (Å²) >= 11 is 0. The molecular weight excluding hydrogens is 224 g/mol. The van der Waals surface area contributed by atoms with Crippen LogP contribution in [0.3, 0.4) is 0 Å². The van der Waals surface area contributed by atoms with Gasteiger partial charge in [0.15, 0.2) is 0 Å². The maximum Gasteiger partial charge on any atom is 0.137 e. The minimum atomic E-state index is 0.957. The predicted molar refractivity (Wildman–Crippen MR) is 69.4 cm³/mol. The number of pyridine rings is 2. The standard InChI is InChI=1S/C14H10N4/c1-2-6-17-9-13(16-14(17)3-1)11-4-5-12-7-15-10-18(12)8-11/h1-10H. The zero-order valence-corrected chi connectivity index (χ0v) is 9.56. The minimum Gasteiger partial charge on any atom is -0.306 e. The van der Waals surface area contributed by atoms with Crippen molar-refractivity contribution in [2.24, 2.45) is 0 Å². The maximum atomic E-state index is 4.60. The van der Waals surface area contributed by atoms with Crippen molar-refractivity contribution < 1.29 is 0 Å². The molecule has 4 heteroatoms. The van der Waals surface area contributed by atoms with Crippen molar-refractivity contribution in [3.63, 3.8) is 0 Å². The lowest BCUT2D eigenvalue weighted by Crippen LogP contribution is -1.84. The SMILES string of the molecule is c1ccn2cc(-c3ccc4cncn4c3)nc2c1. The molecule has 86 valence electrons. The van der Waals surface area contributed by atoms with Crippen molar-refractivity contribution >= 4 is 11.2 Å². The molecule has 0 bridgehead atoms. The van der Waals surface area contributed by atoms with E-state index in [1.165, 1.54) is 0 Å². The van der Waals surface area contributed by atoms with Gasteiger partial charge in [0.25, 0.3) is 0 Å². The van der Waals surface area contributed by atoms with Crippen LogP contribution >= 0.6 is 0 Å². The molecule has 0 radical (unpaired) electrons. The molecule has 0 aliphatic heterocycles. The van der Waals surface area contributed by atoms with Crippen LogP contribution in [0.4, 0.5) is 0 Å². The van der Waals surface area contributed by atoms with E-state index in [0.717, 1.165) is 22.4 Å². The molecule has 0 aliphatic carbocycles. The molecule has 0 aromatic carbocycles. The monoisotopic (exact) mass is 234 g/mol. The van der Waals surface area contributed by atoms with Gasteiger partial charge in [-0.25, -0.2) is 9.97 Å². The average molecular weight is 234 g/mol. The first-order valence-corrected chi connectivity index (χ1v) is 5.76. The summed E-state index contributed by atoms with van der Waals surface area (Å²) in [4.78, 5) is 8.72. The van der Waals surface area contributed by atoms with Gasteiger partial charge < -0.3 is 8.80 Å².